The summed E-state index contributed by atoms with van der Waals surface area (Å²) in [5, 5.41) is 6.12. The zero-order valence-electron chi connectivity index (χ0n) is 15.0. The van der Waals surface area contributed by atoms with E-state index in [0.29, 0.717) is 11.5 Å². The molecule has 0 bridgehead atoms. The second-order valence-corrected chi connectivity index (χ2v) is 7.49. The fourth-order valence-corrected chi connectivity index (χ4v) is 3.92. The summed E-state index contributed by atoms with van der Waals surface area (Å²) in [5.41, 5.74) is 1.51. The SMILES string of the molecule is CCN(Cc1cc(=O)n2nc(C)sc2n1)C(C)c1cc2ccccc2o1. The van der Waals surface area contributed by atoms with Crippen LogP contribution in [0.3, 0.4) is 0 Å². The highest BCUT2D eigenvalue weighted by molar-refractivity contribution is 7.16. The molecule has 1 unspecified atom stereocenters. The highest BCUT2D eigenvalue weighted by atomic mass is 32.1. The van der Waals surface area contributed by atoms with Crippen LogP contribution in [0.5, 0.6) is 0 Å². The van der Waals surface area contributed by atoms with E-state index in [-0.39, 0.29) is 11.6 Å². The Morgan fingerprint density at radius 1 is 1.31 bits per heavy atom. The molecule has 0 radical (unpaired) electrons. The molecule has 7 heteroatoms. The number of rotatable bonds is 5. The van der Waals surface area contributed by atoms with E-state index in [9.17, 15) is 4.79 Å². The van der Waals surface area contributed by atoms with Crippen LogP contribution in [0, 0.1) is 6.92 Å². The van der Waals surface area contributed by atoms with Gasteiger partial charge in [-0.15, -0.1) is 0 Å². The molecule has 1 aromatic carbocycles. The summed E-state index contributed by atoms with van der Waals surface area (Å²) in [7, 11) is 0. The Balaban J connectivity index is 1.63. The number of aryl methyl sites for hydroxylation is 1. The molecule has 4 aromatic rings. The molecular weight excluding hydrogens is 348 g/mol. The lowest BCUT2D eigenvalue weighted by Gasteiger charge is -2.25. The second kappa shape index (κ2) is 6.66. The highest BCUT2D eigenvalue weighted by Gasteiger charge is 2.20. The van der Waals surface area contributed by atoms with Crippen molar-refractivity contribution < 1.29 is 4.42 Å². The van der Waals surface area contributed by atoms with Crippen molar-refractivity contribution in [2.75, 3.05) is 6.54 Å². The van der Waals surface area contributed by atoms with E-state index in [4.69, 9.17) is 4.42 Å². The minimum absolute atomic E-state index is 0.0795. The van der Waals surface area contributed by atoms with E-state index in [1.165, 1.54) is 15.9 Å². The van der Waals surface area contributed by atoms with Crippen molar-refractivity contribution in [3.63, 3.8) is 0 Å². The van der Waals surface area contributed by atoms with Crippen LogP contribution in [-0.4, -0.2) is 26.0 Å². The molecule has 0 saturated carbocycles. The number of fused-ring (bicyclic) bond motifs is 2. The Morgan fingerprint density at radius 3 is 2.88 bits per heavy atom. The molecule has 0 saturated heterocycles. The summed E-state index contributed by atoms with van der Waals surface area (Å²) in [6.45, 7) is 7.49. The van der Waals surface area contributed by atoms with Crippen LogP contribution in [-0.2, 0) is 6.54 Å². The lowest BCUT2D eigenvalue weighted by Crippen LogP contribution is -2.28. The maximum atomic E-state index is 12.3. The average Bonchev–Trinajstić information content (AvgIpc) is 3.22. The molecule has 3 aromatic heterocycles. The minimum Gasteiger partial charge on any atom is -0.459 e. The number of hydrogen-bond donors (Lipinski definition) is 0. The molecule has 26 heavy (non-hydrogen) atoms. The third-order valence-electron chi connectivity index (χ3n) is 4.57. The average molecular weight is 368 g/mol. The summed E-state index contributed by atoms with van der Waals surface area (Å²) in [6.07, 6.45) is 0. The molecule has 6 nitrogen and oxygen atoms in total. The van der Waals surface area contributed by atoms with Crippen LogP contribution < -0.4 is 5.56 Å². The lowest BCUT2D eigenvalue weighted by molar-refractivity contribution is 0.189. The van der Waals surface area contributed by atoms with E-state index in [0.717, 1.165) is 34.0 Å². The highest BCUT2D eigenvalue weighted by Crippen LogP contribution is 2.28. The van der Waals surface area contributed by atoms with Crippen molar-refractivity contribution in [2.24, 2.45) is 0 Å². The Labute approximate surface area is 154 Å². The fraction of sp³-hybridized carbons (Fsp3) is 0.316. The topological polar surface area (TPSA) is 63.6 Å². The van der Waals surface area contributed by atoms with E-state index in [1.54, 1.807) is 6.07 Å². The first kappa shape index (κ1) is 16.9. The molecule has 0 spiro atoms. The van der Waals surface area contributed by atoms with Crippen LogP contribution in [0.25, 0.3) is 15.9 Å². The Morgan fingerprint density at radius 2 is 2.12 bits per heavy atom. The van der Waals surface area contributed by atoms with E-state index < -0.39 is 0 Å². The number of benzene rings is 1. The Bertz CT molecular complexity index is 1090. The van der Waals surface area contributed by atoms with Gasteiger partial charge in [0.15, 0.2) is 0 Å². The molecule has 0 fully saturated rings. The predicted molar refractivity (Wildman–Crippen MR) is 103 cm³/mol. The number of hydrogen-bond acceptors (Lipinski definition) is 6. The Kier molecular flexibility index (Phi) is 4.34. The van der Waals surface area contributed by atoms with Crippen LogP contribution in [0.4, 0.5) is 0 Å². The van der Waals surface area contributed by atoms with Gasteiger partial charge in [-0.25, -0.2) is 4.98 Å². The van der Waals surface area contributed by atoms with Gasteiger partial charge in [0.25, 0.3) is 5.56 Å². The summed E-state index contributed by atoms with van der Waals surface area (Å²) >= 11 is 1.43. The van der Waals surface area contributed by atoms with E-state index in [2.05, 4.69) is 34.9 Å². The number of furan rings is 1. The van der Waals surface area contributed by atoms with Gasteiger partial charge in [-0.3, -0.25) is 9.69 Å². The molecule has 0 N–H and O–H groups in total. The van der Waals surface area contributed by atoms with Gasteiger partial charge in [-0.2, -0.15) is 9.61 Å². The van der Waals surface area contributed by atoms with Crippen LogP contribution in [0.15, 0.2) is 45.6 Å². The smallest absolute Gasteiger partial charge is 0.275 e. The van der Waals surface area contributed by atoms with Crippen LogP contribution >= 0.6 is 11.3 Å². The predicted octanol–water partition coefficient (Wildman–Crippen LogP) is 3.79. The third kappa shape index (κ3) is 3.04. The number of aromatic nitrogens is 3. The van der Waals surface area contributed by atoms with Crippen LogP contribution in [0.1, 0.15) is 36.4 Å². The molecule has 0 amide bonds. The summed E-state index contributed by atoms with van der Waals surface area (Å²) in [6, 6.07) is 11.7. The lowest BCUT2D eigenvalue weighted by atomic mass is 10.2. The van der Waals surface area contributed by atoms with Crippen LogP contribution in [0.2, 0.25) is 0 Å². The third-order valence-corrected chi connectivity index (χ3v) is 5.40. The monoisotopic (exact) mass is 368 g/mol. The van der Waals surface area contributed by atoms with Crippen molar-refractivity contribution in [2.45, 2.75) is 33.4 Å². The standard InChI is InChI=1S/C19H20N4O2S/c1-4-22(12(2)17-9-14-7-5-6-8-16(14)25-17)11-15-10-18(24)23-19(20-15)26-13(3)21-23/h5-10,12H,4,11H2,1-3H3. The first-order valence-electron chi connectivity index (χ1n) is 8.64. The van der Waals surface area contributed by atoms with Gasteiger partial charge in [0.1, 0.15) is 16.4 Å². The first-order chi connectivity index (χ1) is 12.5. The van der Waals surface area contributed by atoms with Crippen molar-refractivity contribution >= 4 is 27.3 Å². The van der Waals surface area contributed by atoms with Crippen molar-refractivity contribution in [1.82, 2.24) is 19.5 Å². The van der Waals surface area contributed by atoms with E-state index in [1.807, 2.05) is 31.2 Å². The molecule has 134 valence electrons. The number of nitrogens with zero attached hydrogens (tertiary/aromatic N) is 4. The molecule has 0 aliphatic carbocycles. The van der Waals surface area contributed by atoms with Gasteiger partial charge in [0.05, 0.1) is 11.7 Å². The molecule has 3 heterocycles. The maximum Gasteiger partial charge on any atom is 0.275 e. The first-order valence-corrected chi connectivity index (χ1v) is 9.45. The largest absolute Gasteiger partial charge is 0.459 e. The van der Waals surface area contributed by atoms with Crippen molar-refractivity contribution in [3.8, 4) is 0 Å². The molecule has 0 aliphatic heterocycles. The van der Waals surface area contributed by atoms with Gasteiger partial charge in [0, 0.05) is 18.0 Å². The molecule has 4 rings (SSSR count). The van der Waals surface area contributed by atoms with Gasteiger partial charge in [-0.05, 0) is 32.5 Å². The zero-order chi connectivity index (χ0) is 18.3. The molecule has 0 aliphatic rings. The molecular formula is C19H20N4O2S. The van der Waals surface area contributed by atoms with Crippen molar-refractivity contribution in [3.05, 3.63) is 63.2 Å². The van der Waals surface area contributed by atoms with Crippen molar-refractivity contribution in [1.29, 1.82) is 0 Å². The Hall–Kier alpha value is -2.51. The summed E-state index contributed by atoms with van der Waals surface area (Å²) in [4.78, 5) is 19.8. The van der Waals surface area contributed by atoms with Gasteiger partial charge < -0.3 is 4.42 Å². The van der Waals surface area contributed by atoms with Gasteiger partial charge in [0.2, 0.25) is 4.96 Å². The molecule has 1 atom stereocenters. The van der Waals surface area contributed by atoms with Gasteiger partial charge in [-0.1, -0.05) is 36.5 Å². The fourth-order valence-electron chi connectivity index (χ4n) is 3.15. The second-order valence-electron chi connectivity index (χ2n) is 6.33. The van der Waals surface area contributed by atoms with Gasteiger partial charge >= 0.3 is 0 Å². The normalized spacial score (nSPS) is 13.1. The summed E-state index contributed by atoms with van der Waals surface area (Å²) in [5.74, 6) is 0.916. The summed E-state index contributed by atoms with van der Waals surface area (Å²) < 4.78 is 7.38. The number of para-hydroxylation sites is 1. The van der Waals surface area contributed by atoms with E-state index >= 15 is 0 Å². The maximum absolute atomic E-state index is 12.3. The quantitative estimate of drug-likeness (QED) is 0.536. The zero-order valence-corrected chi connectivity index (χ0v) is 15.8. The minimum atomic E-state index is -0.137.